The lowest BCUT2D eigenvalue weighted by atomic mass is 9.96. The highest BCUT2D eigenvalue weighted by molar-refractivity contribution is 6.18. The van der Waals surface area contributed by atoms with Gasteiger partial charge in [-0.05, 0) is 182 Å². The molecule has 13 aliphatic heterocycles. The van der Waals surface area contributed by atoms with Crippen LogP contribution in [0.4, 0.5) is 34.9 Å². The molecule has 0 spiro atoms. The molecule has 6 aromatic heterocycles. The van der Waals surface area contributed by atoms with Crippen LogP contribution in [0, 0.1) is 0 Å². The molecule has 642 valence electrons. The molecule has 24 rings (SSSR count). The van der Waals surface area contributed by atoms with Crippen LogP contribution in [0.15, 0.2) is 238 Å². The summed E-state index contributed by atoms with van der Waals surface area (Å²) in [6.45, 7) is 8.40. The Kier molecular flexibility index (Phi) is 21.8. The molecule has 25 heteroatoms. The van der Waals surface area contributed by atoms with Gasteiger partial charge in [0.2, 0.25) is 0 Å². The predicted octanol–water partition coefficient (Wildman–Crippen LogP) is 13.8. The Morgan fingerprint density at radius 3 is 1.18 bits per heavy atom. The molecule has 8 saturated heterocycles. The number of anilines is 6. The summed E-state index contributed by atoms with van der Waals surface area (Å²) in [7, 11) is 0. The number of phenolic OH excluding ortho intramolecular Hbond substituents is 1. The second-order valence-electron chi connectivity index (χ2n) is 33.1. The number of aliphatic imine (C=N–C) groups is 5. The smallest absolute Gasteiger partial charge is 0.129 e. The number of ether oxygens (including phenoxy) is 7. The Balaban J connectivity index is 0.000000105. The molecule has 0 radical (unpaired) electrons. The Labute approximate surface area is 746 Å². The van der Waals surface area contributed by atoms with Crippen LogP contribution in [0.5, 0.6) is 11.5 Å². The topological polar surface area (TPSA) is 243 Å². The van der Waals surface area contributed by atoms with Crippen molar-refractivity contribution in [3.8, 4) is 22.6 Å². The summed E-state index contributed by atoms with van der Waals surface area (Å²) in [6.07, 6.45) is 16.4. The zero-order valence-corrected chi connectivity index (χ0v) is 70.7. The van der Waals surface area contributed by atoms with Crippen molar-refractivity contribution in [1.82, 2.24) is 29.9 Å². The number of nitrogens with zero attached hydrogens (tertiary/aromatic N) is 17. The van der Waals surface area contributed by atoms with E-state index >= 15 is 0 Å². The van der Waals surface area contributed by atoms with Gasteiger partial charge in [0.1, 0.15) is 46.4 Å². The zero-order valence-electron chi connectivity index (χ0n) is 78.7. The van der Waals surface area contributed by atoms with E-state index < -0.39 is 26.1 Å². The fraction of sp³-hybridized carbons (Fsp3) is 0.356. The van der Waals surface area contributed by atoms with E-state index in [9.17, 15) is 5.11 Å². The maximum absolute atomic E-state index is 9.81. The lowest BCUT2D eigenvalue weighted by Crippen LogP contribution is -2.46. The maximum atomic E-state index is 9.81. The van der Waals surface area contributed by atoms with Gasteiger partial charge in [-0.25, -0.2) is 29.9 Å². The van der Waals surface area contributed by atoms with Gasteiger partial charge in [-0.1, -0.05) is 72.8 Å². The van der Waals surface area contributed by atoms with Crippen LogP contribution in [0.25, 0.3) is 11.1 Å². The van der Waals surface area contributed by atoms with Gasteiger partial charge in [0.15, 0.2) is 0 Å². The Hall–Kier alpha value is -12.5. The first-order chi connectivity index (χ1) is 65.1. The first-order valence-electron chi connectivity index (χ1n) is 47.8. The minimum atomic E-state index is -3.13. The van der Waals surface area contributed by atoms with Gasteiger partial charge < -0.3 is 67.7 Å². The highest BCUT2D eigenvalue weighted by Crippen LogP contribution is 2.38. The van der Waals surface area contributed by atoms with Gasteiger partial charge in [-0.15, -0.1) is 0 Å². The normalized spacial score (nSPS) is 22.9. The first kappa shape index (κ1) is 72.8. The van der Waals surface area contributed by atoms with Gasteiger partial charge in [-0.2, -0.15) is 0 Å². The Bertz CT molecular complexity index is 6310. The van der Waals surface area contributed by atoms with E-state index in [0.717, 1.165) is 227 Å². The Morgan fingerprint density at radius 1 is 0.349 bits per heavy atom. The van der Waals surface area contributed by atoms with Crippen molar-refractivity contribution >= 4 is 63.5 Å². The Morgan fingerprint density at radius 2 is 0.714 bits per heavy atom. The lowest BCUT2D eigenvalue weighted by molar-refractivity contribution is 0.0302. The minimum absolute atomic E-state index is 0.161. The van der Waals surface area contributed by atoms with Crippen LogP contribution in [-0.2, 0) is 61.1 Å². The number of hydrogen-bond donors (Lipinski definition) is 1. The van der Waals surface area contributed by atoms with Crippen molar-refractivity contribution in [2.24, 2.45) is 25.0 Å². The third kappa shape index (κ3) is 18.2. The van der Waals surface area contributed by atoms with E-state index in [0.29, 0.717) is 53.6 Å². The molecule has 8 fully saturated rings. The molecule has 13 aliphatic rings. The van der Waals surface area contributed by atoms with Crippen LogP contribution in [0.3, 0.4) is 0 Å². The number of phenols is 1. The number of fused-ring (bicyclic) bond motifs is 9. The van der Waals surface area contributed by atoms with Crippen LogP contribution in [-0.4, -0.2) is 225 Å². The number of pyridine rings is 6. The highest BCUT2D eigenvalue weighted by atomic mass is 16.5. The third-order valence-electron chi connectivity index (χ3n) is 24.7. The van der Waals surface area contributed by atoms with Crippen LogP contribution < -0.4 is 34.1 Å². The van der Waals surface area contributed by atoms with Gasteiger partial charge >= 0.3 is 0 Å². The summed E-state index contributed by atoms with van der Waals surface area (Å²) < 4.78 is 102. The molecule has 0 aliphatic carbocycles. The summed E-state index contributed by atoms with van der Waals surface area (Å²) in [5, 5.41) is 9.81. The van der Waals surface area contributed by atoms with E-state index in [2.05, 4.69) is 172 Å². The second-order valence-corrected chi connectivity index (χ2v) is 33.1. The van der Waals surface area contributed by atoms with E-state index in [-0.39, 0.29) is 17.7 Å². The van der Waals surface area contributed by atoms with Gasteiger partial charge in [-0.3, -0.25) is 25.0 Å². The quantitative estimate of drug-likeness (QED) is 0.106. The molecular weight excluding hydrogens is 1580 g/mol. The average molecular weight is 1690 g/mol. The van der Waals surface area contributed by atoms with Crippen LogP contribution in [0.1, 0.15) is 134 Å². The van der Waals surface area contributed by atoms with Crippen molar-refractivity contribution in [2.75, 3.05) is 161 Å². The molecule has 126 heavy (non-hydrogen) atoms. The standard InChI is InChI=1S/C26H27N5O2.C20H23N3O2.C19H19N3O2.C19H19N3O.C17H17N3O/c1-2-22-18-29-26(21-4-6-28-25(17-21)31-9-13-33-14-10-31)23(22)15-19(1)20-3-5-27-24(16-20)30-7-11-32-12-8-30;1-14(2)25-17-4-3-16-13-22-20(18(16)12-17)15-5-6-21-19(11-15)23-7-9-24-10-8-23;23-16-4-1-13-9-21-19(17(13)8-16)12-5-6-20-18(7-12)22-14-2-3-15(22)11-24-10-14;1-2-4-17-14(3-1)10-21-19(17)13-7-8-20-18(9-13)22-11-15-5-6-16(12-22)23-15;1-2-4-15-14(3-1)12-19-17(15)13-5-6-18-16(11-13)20-7-9-21-10-8-20/h1-6,15-17H,7-14,18H2;3-6,11-12,14H,7-10,13H2,1-2H3;1,4-8,14-15,23H,2-3,9-11H2;1-4,7-9,15-16H,5-6,10-12H2;1-6,11H,7-10,12H2/i;;;;7D2,8D2,9D2,10D2. The van der Waals surface area contributed by atoms with Crippen molar-refractivity contribution in [3.63, 3.8) is 0 Å². The summed E-state index contributed by atoms with van der Waals surface area (Å²) in [6, 6.07) is 59.5. The van der Waals surface area contributed by atoms with E-state index in [1.165, 1.54) is 82.5 Å². The maximum Gasteiger partial charge on any atom is 0.129 e. The van der Waals surface area contributed by atoms with Gasteiger partial charge in [0.05, 0.1) is 169 Å². The van der Waals surface area contributed by atoms with Gasteiger partial charge in [0, 0.05) is 158 Å². The molecule has 4 unspecified atom stereocenters. The molecule has 4 atom stereocenters. The summed E-state index contributed by atoms with van der Waals surface area (Å²) in [5.74, 6) is 5.97. The molecule has 5 aromatic carbocycles. The number of rotatable bonds is 14. The lowest BCUT2D eigenvalue weighted by Gasteiger charge is -2.35. The molecule has 25 nitrogen and oxygen atoms in total. The van der Waals surface area contributed by atoms with E-state index in [1.807, 2.05) is 93.4 Å². The van der Waals surface area contributed by atoms with Gasteiger partial charge in [0.25, 0.3) is 0 Å². The second kappa shape index (κ2) is 37.7. The summed E-state index contributed by atoms with van der Waals surface area (Å²) >= 11 is 0. The van der Waals surface area contributed by atoms with Crippen molar-refractivity contribution in [1.29, 1.82) is 0 Å². The monoisotopic (exact) mass is 1690 g/mol. The molecule has 1 N–H and O–H groups in total. The SMILES string of the molecule is CC(C)Oc1ccc2c(c1)C(c1ccnc(N3CCOCC3)c1)=NC2.Oc1ccc2c(c1)C(c1ccnc(N3C4CCC3COC4)c1)=NC2.[2H]C1([2H])OC([2H])([2H])C([2H])([2H])N(c2cc(C3=NCc4ccccc43)ccn2)C1([2H])[2H].c1cc(C2=NCc3ccc(-c4ccnc(N5CCOCC5)c4)cc32)cc(N2CCOCC2)n1.c1ccc2c(c1)CN=C2c1ccnc(N2CC3CCC(C2)O3)c1. The number of aromatic hydroxyl groups is 1. The number of aromatic nitrogens is 6. The summed E-state index contributed by atoms with van der Waals surface area (Å²) in [4.78, 5) is 62.6. The largest absolute Gasteiger partial charge is 0.508 e. The van der Waals surface area contributed by atoms with Crippen LogP contribution in [0.2, 0.25) is 0 Å². The van der Waals surface area contributed by atoms with E-state index in [1.54, 1.807) is 18.2 Å². The van der Waals surface area contributed by atoms with Crippen LogP contribution >= 0.6 is 0 Å². The fourth-order valence-corrected chi connectivity index (χ4v) is 18.4. The van der Waals surface area contributed by atoms with E-state index in [4.69, 9.17) is 54.4 Å². The number of hydrogen-bond acceptors (Lipinski definition) is 25. The highest BCUT2D eigenvalue weighted by Gasteiger charge is 2.39. The number of morpholine rings is 6. The molecule has 19 heterocycles. The van der Waals surface area contributed by atoms with Crippen molar-refractivity contribution < 1.29 is 49.2 Å². The van der Waals surface area contributed by atoms with Crippen molar-refractivity contribution in [2.45, 2.75) is 103 Å². The van der Waals surface area contributed by atoms with Crippen molar-refractivity contribution in [3.05, 3.63) is 297 Å². The molecule has 11 aromatic rings. The number of benzene rings is 5. The molecular formula is C101H105N17O8. The molecule has 0 saturated carbocycles. The minimum Gasteiger partial charge on any atom is -0.508 e. The summed E-state index contributed by atoms with van der Waals surface area (Å²) in [5.41, 5.74) is 23.6. The zero-order chi connectivity index (χ0) is 91.8. The predicted molar refractivity (Wildman–Crippen MR) is 493 cm³/mol. The third-order valence-corrected chi connectivity index (χ3v) is 24.7. The molecule has 4 bridgehead atoms. The fourth-order valence-electron chi connectivity index (χ4n) is 18.4. The average Bonchev–Trinajstić information content (AvgIpc) is 0.954. The first-order valence-corrected chi connectivity index (χ1v) is 43.8. The molecule has 0 amide bonds.